The number of allylic oxidation sites excluding steroid dienone is 3. The number of halogens is 1. The zero-order valence-electron chi connectivity index (χ0n) is 18.3. The van der Waals surface area contributed by atoms with E-state index in [1.54, 1.807) is 24.4 Å². The van der Waals surface area contributed by atoms with E-state index in [0.29, 0.717) is 18.0 Å². The van der Waals surface area contributed by atoms with Crippen molar-refractivity contribution in [3.63, 3.8) is 0 Å². The quantitative estimate of drug-likeness (QED) is 0.244. The van der Waals surface area contributed by atoms with Crippen molar-refractivity contribution in [1.82, 2.24) is 25.2 Å². The van der Waals surface area contributed by atoms with Crippen molar-refractivity contribution in [3.8, 4) is 11.1 Å². The normalized spacial score (nSPS) is 12.7. The molecule has 3 rings (SSSR count). The van der Waals surface area contributed by atoms with E-state index in [9.17, 15) is 9.18 Å². The first-order valence-corrected chi connectivity index (χ1v) is 9.97. The Bertz CT molecular complexity index is 1200. The van der Waals surface area contributed by atoms with Crippen LogP contribution in [0.3, 0.4) is 0 Å². The highest BCUT2D eigenvalue weighted by Gasteiger charge is 2.11. The number of nitrogens with zero attached hydrogens (tertiary/aromatic N) is 4. The van der Waals surface area contributed by atoms with Crippen LogP contribution in [0, 0.1) is 5.95 Å². The van der Waals surface area contributed by atoms with Gasteiger partial charge in [-0.1, -0.05) is 12.2 Å². The number of aromatic amines is 1. The van der Waals surface area contributed by atoms with Crippen LogP contribution in [0.25, 0.3) is 27.7 Å². The van der Waals surface area contributed by atoms with Crippen molar-refractivity contribution in [2.24, 2.45) is 4.99 Å². The number of carbonyl (C=O) groups is 1. The number of rotatable bonds is 8. The van der Waals surface area contributed by atoms with E-state index in [-0.39, 0.29) is 5.91 Å². The van der Waals surface area contributed by atoms with Crippen molar-refractivity contribution >= 4 is 29.2 Å². The van der Waals surface area contributed by atoms with E-state index >= 15 is 0 Å². The van der Waals surface area contributed by atoms with Gasteiger partial charge in [0.15, 0.2) is 0 Å². The van der Waals surface area contributed by atoms with E-state index in [2.05, 4.69) is 32.0 Å². The Morgan fingerprint density at radius 2 is 2.12 bits per heavy atom. The third-order valence-corrected chi connectivity index (χ3v) is 4.67. The van der Waals surface area contributed by atoms with Gasteiger partial charge in [-0.25, -0.2) is 15.0 Å². The second-order valence-corrected chi connectivity index (χ2v) is 7.28. The fraction of sp³-hybridized carbons (Fsp3) is 0.167. The van der Waals surface area contributed by atoms with E-state index in [0.717, 1.165) is 27.6 Å². The Morgan fingerprint density at radius 3 is 2.78 bits per heavy atom. The number of carbonyl (C=O) groups excluding carboxylic acids is 1. The van der Waals surface area contributed by atoms with Crippen LogP contribution < -0.4 is 5.32 Å². The number of H-pyrrole nitrogens is 1. The Kier molecular flexibility index (Phi) is 7.41. The average Bonchev–Trinajstić information content (AvgIpc) is 3.20. The molecule has 0 unspecified atom stereocenters. The van der Waals surface area contributed by atoms with Crippen LogP contribution in [0.15, 0.2) is 71.9 Å². The predicted molar refractivity (Wildman–Crippen MR) is 126 cm³/mol. The molecule has 0 aromatic carbocycles. The van der Waals surface area contributed by atoms with Crippen LogP contribution in [0.4, 0.5) is 4.39 Å². The molecule has 0 saturated heterocycles. The van der Waals surface area contributed by atoms with E-state index < -0.39 is 5.95 Å². The van der Waals surface area contributed by atoms with Crippen molar-refractivity contribution < 1.29 is 9.18 Å². The summed E-state index contributed by atoms with van der Waals surface area (Å²) in [4.78, 5) is 29.4. The highest BCUT2D eigenvalue weighted by molar-refractivity contribution is 5.95. The standard InChI is InChI=1S/C24H25FN6O/c1-5-16(12-22(26-2)30-23(32)7-6-10-31(3)4)18-11-19-20(15-29-24(19)28-14-18)17-8-9-21(25)27-13-17/h5-9,11-15H,2,10H2,1,3-4H3,(H,28,29)(H,30,32)/b7-6+,16-5+,22-12+. The Balaban J connectivity index is 1.89. The summed E-state index contributed by atoms with van der Waals surface area (Å²) in [6, 6.07) is 4.97. The number of fused-ring (bicyclic) bond motifs is 1. The van der Waals surface area contributed by atoms with Crippen LogP contribution in [0.5, 0.6) is 0 Å². The lowest BCUT2D eigenvalue weighted by atomic mass is 10.0. The largest absolute Gasteiger partial charge is 0.346 e. The first-order chi connectivity index (χ1) is 15.4. The zero-order chi connectivity index (χ0) is 23.1. The molecule has 2 N–H and O–H groups in total. The molecule has 0 fully saturated rings. The summed E-state index contributed by atoms with van der Waals surface area (Å²) in [5.41, 5.74) is 3.98. The molecule has 0 saturated carbocycles. The SMILES string of the molecule is C=N/C(=C\C(=C/C)c1cnc2[nH]cc(-c3ccc(F)nc3)c2c1)NC(=O)/C=C/CN(C)C. The van der Waals surface area contributed by atoms with Gasteiger partial charge in [-0.3, -0.25) is 4.79 Å². The Labute approximate surface area is 186 Å². The summed E-state index contributed by atoms with van der Waals surface area (Å²) in [6.07, 6.45) is 11.9. The number of aromatic nitrogens is 3. The molecule has 3 aromatic rings. The molecule has 0 aliphatic heterocycles. The fourth-order valence-corrected chi connectivity index (χ4v) is 3.08. The topological polar surface area (TPSA) is 86.3 Å². The van der Waals surface area contributed by atoms with E-state index in [4.69, 9.17) is 0 Å². The summed E-state index contributed by atoms with van der Waals surface area (Å²) in [7, 11) is 3.84. The molecular formula is C24H25FN6O. The highest BCUT2D eigenvalue weighted by Crippen LogP contribution is 2.30. The summed E-state index contributed by atoms with van der Waals surface area (Å²) < 4.78 is 13.2. The summed E-state index contributed by atoms with van der Waals surface area (Å²) >= 11 is 0. The lowest BCUT2D eigenvalue weighted by Crippen LogP contribution is -2.20. The minimum atomic E-state index is -0.531. The van der Waals surface area contributed by atoms with Crippen molar-refractivity contribution in [2.45, 2.75) is 6.92 Å². The van der Waals surface area contributed by atoms with E-state index in [1.165, 1.54) is 18.3 Å². The van der Waals surface area contributed by atoms with Gasteiger partial charge in [0.25, 0.3) is 0 Å². The maximum absolute atomic E-state index is 13.2. The molecule has 0 radical (unpaired) electrons. The van der Waals surface area contributed by atoms with Crippen LogP contribution in [0.2, 0.25) is 0 Å². The number of nitrogens with one attached hydrogen (secondary N) is 2. The average molecular weight is 433 g/mol. The van der Waals surface area contributed by atoms with E-state index in [1.807, 2.05) is 44.3 Å². The number of hydrogen-bond donors (Lipinski definition) is 2. The van der Waals surface area contributed by atoms with Gasteiger partial charge in [0.2, 0.25) is 11.9 Å². The van der Waals surface area contributed by atoms with Gasteiger partial charge in [-0.05, 0) is 57.6 Å². The molecule has 0 atom stereocenters. The fourth-order valence-electron chi connectivity index (χ4n) is 3.08. The van der Waals surface area contributed by atoms with Crippen molar-refractivity contribution in [3.05, 3.63) is 78.4 Å². The smallest absolute Gasteiger partial charge is 0.249 e. The molecule has 1 amide bonds. The molecular weight excluding hydrogens is 407 g/mol. The van der Waals surface area contributed by atoms with Crippen LogP contribution in [-0.2, 0) is 4.79 Å². The van der Waals surface area contributed by atoms with Crippen LogP contribution in [-0.4, -0.2) is 53.1 Å². The highest BCUT2D eigenvalue weighted by atomic mass is 19.1. The lowest BCUT2D eigenvalue weighted by molar-refractivity contribution is -0.115. The van der Waals surface area contributed by atoms with Crippen molar-refractivity contribution in [1.29, 1.82) is 0 Å². The van der Waals surface area contributed by atoms with Gasteiger partial charge in [-0.2, -0.15) is 4.39 Å². The van der Waals surface area contributed by atoms with Gasteiger partial charge >= 0.3 is 0 Å². The van der Waals surface area contributed by atoms with Crippen LogP contribution in [0.1, 0.15) is 12.5 Å². The Hall–Kier alpha value is -3.91. The van der Waals surface area contributed by atoms with Crippen LogP contribution >= 0.6 is 0 Å². The van der Waals surface area contributed by atoms with Gasteiger partial charge in [-0.15, -0.1) is 0 Å². The molecule has 32 heavy (non-hydrogen) atoms. The molecule has 0 bridgehead atoms. The number of amides is 1. The monoisotopic (exact) mass is 432 g/mol. The summed E-state index contributed by atoms with van der Waals surface area (Å²) in [6.45, 7) is 6.10. The molecule has 164 valence electrons. The molecule has 0 aliphatic rings. The second-order valence-electron chi connectivity index (χ2n) is 7.28. The number of hydrogen-bond acceptors (Lipinski definition) is 5. The molecule has 3 aromatic heterocycles. The molecule has 3 heterocycles. The van der Waals surface area contributed by atoms with Gasteiger partial charge in [0, 0.05) is 53.3 Å². The van der Waals surface area contributed by atoms with Gasteiger partial charge in [0.05, 0.1) is 0 Å². The molecule has 8 heteroatoms. The summed E-state index contributed by atoms with van der Waals surface area (Å²) in [5, 5.41) is 3.59. The maximum Gasteiger partial charge on any atom is 0.249 e. The lowest BCUT2D eigenvalue weighted by Gasteiger charge is -2.07. The zero-order valence-corrected chi connectivity index (χ0v) is 18.3. The molecule has 0 spiro atoms. The minimum absolute atomic E-state index is 0.286. The first kappa shape index (κ1) is 22.8. The maximum atomic E-state index is 13.2. The Morgan fingerprint density at radius 1 is 1.31 bits per heavy atom. The second kappa shape index (κ2) is 10.4. The minimum Gasteiger partial charge on any atom is -0.346 e. The number of likely N-dealkylation sites (N-methyl/N-ethyl adjacent to an activating group) is 1. The van der Waals surface area contributed by atoms with Gasteiger partial charge in [0.1, 0.15) is 11.5 Å². The predicted octanol–water partition coefficient (Wildman–Crippen LogP) is 3.94. The van der Waals surface area contributed by atoms with Crippen molar-refractivity contribution in [2.75, 3.05) is 20.6 Å². The molecule has 0 aliphatic carbocycles. The first-order valence-electron chi connectivity index (χ1n) is 9.97. The number of pyridine rings is 2. The summed E-state index contributed by atoms with van der Waals surface area (Å²) in [5.74, 6) is -0.488. The third kappa shape index (κ3) is 5.61. The molecule has 7 nitrogen and oxygen atoms in total. The van der Waals surface area contributed by atoms with Gasteiger partial charge < -0.3 is 15.2 Å². The third-order valence-electron chi connectivity index (χ3n) is 4.67. The number of aliphatic imine (C=N–C) groups is 1.